The van der Waals surface area contributed by atoms with E-state index in [4.69, 9.17) is 0 Å². The van der Waals surface area contributed by atoms with E-state index in [-0.39, 0.29) is 11.4 Å². The monoisotopic (exact) mass is 300 g/mol. The Balaban J connectivity index is 1.57. The summed E-state index contributed by atoms with van der Waals surface area (Å²) in [5, 5.41) is 7.19. The van der Waals surface area contributed by atoms with Crippen molar-refractivity contribution in [1.82, 2.24) is 19.7 Å². The Bertz CT molecular complexity index is 568. The second-order valence-corrected chi connectivity index (χ2v) is 6.17. The van der Waals surface area contributed by atoms with Crippen LogP contribution >= 0.6 is 0 Å². The Labute approximate surface area is 131 Å². The highest BCUT2D eigenvalue weighted by molar-refractivity contribution is 5.76. The molecule has 118 valence electrons. The predicted octanol–water partition coefficient (Wildman–Crippen LogP) is 2.55. The minimum absolute atomic E-state index is 0.0302. The van der Waals surface area contributed by atoms with E-state index in [9.17, 15) is 4.79 Å². The number of nitrogens with zero attached hydrogens (tertiary/aromatic N) is 3. The minimum Gasteiger partial charge on any atom is -0.354 e. The SMILES string of the molecule is O=C(CC1(n2cccc2)CCCCC1)NCCn1cccn1. The molecule has 0 aromatic carbocycles. The molecule has 1 aliphatic rings. The zero-order valence-corrected chi connectivity index (χ0v) is 12.9. The Morgan fingerprint density at radius 2 is 1.86 bits per heavy atom. The maximum absolute atomic E-state index is 12.4. The van der Waals surface area contributed by atoms with Gasteiger partial charge in [0.2, 0.25) is 5.91 Å². The summed E-state index contributed by atoms with van der Waals surface area (Å²) in [5.74, 6) is 0.141. The highest BCUT2D eigenvalue weighted by Gasteiger charge is 2.35. The summed E-state index contributed by atoms with van der Waals surface area (Å²) in [6.45, 7) is 1.34. The molecule has 2 aromatic rings. The van der Waals surface area contributed by atoms with E-state index in [1.54, 1.807) is 6.20 Å². The number of amides is 1. The topological polar surface area (TPSA) is 51.9 Å². The van der Waals surface area contributed by atoms with E-state index in [0.717, 1.165) is 19.4 Å². The van der Waals surface area contributed by atoms with E-state index in [1.807, 2.05) is 29.1 Å². The third-order valence-corrected chi connectivity index (χ3v) is 4.65. The van der Waals surface area contributed by atoms with Gasteiger partial charge in [0.1, 0.15) is 0 Å². The first-order chi connectivity index (χ1) is 10.8. The fourth-order valence-electron chi connectivity index (χ4n) is 3.49. The fraction of sp³-hybridized carbons (Fsp3) is 0.529. The highest BCUT2D eigenvalue weighted by atomic mass is 16.1. The molecule has 1 N–H and O–H groups in total. The van der Waals surface area contributed by atoms with Crippen LogP contribution in [0.25, 0.3) is 0 Å². The van der Waals surface area contributed by atoms with Gasteiger partial charge in [-0.05, 0) is 31.0 Å². The van der Waals surface area contributed by atoms with Crippen LogP contribution in [0.3, 0.4) is 0 Å². The average Bonchev–Trinajstić information content (AvgIpc) is 3.22. The van der Waals surface area contributed by atoms with Gasteiger partial charge in [0.25, 0.3) is 0 Å². The van der Waals surface area contributed by atoms with Crippen LogP contribution in [0.1, 0.15) is 38.5 Å². The molecule has 0 bridgehead atoms. The molecule has 2 aromatic heterocycles. The van der Waals surface area contributed by atoms with Gasteiger partial charge >= 0.3 is 0 Å². The van der Waals surface area contributed by atoms with Crippen LogP contribution in [0.5, 0.6) is 0 Å². The van der Waals surface area contributed by atoms with Crippen LogP contribution in [0.4, 0.5) is 0 Å². The molecule has 0 saturated heterocycles. The molecule has 1 aliphatic carbocycles. The van der Waals surface area contributed by atoms with Crippen molar-refractivity contribution in [3.8, 4) is 0 Å². The van der Waals surface area contributed by atoms with Crippen LogP contribution in [0.15, 0.2) is 43.0 Å². The van der Waals surface area contributed by atoms with Gasteiger partial charge in [-0.15, -0.1) is 0 Å². The Hall–Kier alpha value is -2.04. The van der Waals surface area contributed by atoms with Gasteiger partial charge in [-0.2, -0.15) is 5.10 Å². The van der Waals surface area contributed by atoms with Crippen molar-refractivity contribution in [3.63, 3.8) is 0 Å². The largest absolute Gasteiger partial charge is 0.354 e. The van der Waals surface area contributed by atoms with Gasteiger partial charge in [0.05, 0.1) is 18.5 Å². The van der Waals surface area contributed by atoms with Crippen molar-refractivity contribution in [3.05, 3.63) is 43.0 Å². The minimum atomic E-state index is -0.0302. The van der Waals surface area contributed by atoms with E-state index in [0.29, 0.717) is 13.0 Å². The Morgan fingerprint density at radius 1 is 1.09 bits per heavy atom. The normalized spacial score (nSPS) is 17.3. The van der Waals surface area contributed by atoms with Gasteiger partial charge < -0.3 is 9.88 Å². The van der Waals surface area contributed by atoms with Crippen LogP contribution in [-0.4, -0.2) is 26.8 Å². The summed E-state index contributed by atoms with van der Waals surface area (Å²) >= 11 is 0. The lowest BCUT2D eigenvalue weighted by Crippen LogP contribution is -2.41. The zero-order chi connectivity index (χ0) is 15.3. The maximum atomic E-state index is 12.4. The smallest absolute Gasteiger partial charge is 0.222 e. The van der Waals surface area contributed by atoms with Crippen molar-refractivity contribution >= 4 is 5.91 Å². The molecule has 0 radical (unpaired) electrons. The third kappa shape index (κ3) is 3.40. The van der Waals surface area contributed by atoms with Crippen LogP contribution in [-0.2, 0) is 16.9 Å². The molecule has 0 atom stereocenters. The van der Waals surface area contributed by atoms with Crippen LogP contribution < -0.4 is 5.32 Å². The van der Waals surface area contributed by atoms with Crippen molar-refractivity contribution in [2.45, 2.75) is 50.6 Å². The first-order valence-corrected chi connectivity index (χ1v) is 8.16. The number of aromatic nitrogens is 3. The molecule has 1 fully saturated rings. The average molecular weight is 300 g/mol. The predicted molar refractivity (Wildman–Crippen MR) is 85.3 cm³/mol. The first-order valence-electron chi connectivity index (χ1n) is 8.16. The molecule has 3 rings (SSSR count). The van der Waals surface area contributed by atoms with Gasteiger partial charge in [-0.3, -0.25) is 9.48 Å². The molecule has 22 heavy (non-hydrogen) atoms. The van der Waals surface area contributed by atoms with Gasteiger partial charge in [0.15, 0.2) is 0 Å². The van der Waals surface area contributed by atoms with Crippen molar-refractivity contribution < 1.29 is 4.79 Å². The maximum Gasteiger partial charge on any atom is 0.222 e. The molecule has 0 unspecified atom stereocenters. The quantitative estimate of drug-likeness (QED) is 0.891. The molecule has 1 saturated carbocycles. The molecule has 0 aliphatic heterocycles. The lowest BCUT2D eigenvalue weighted by atomic mass is 9.78. The second-order valence-electron chi connectivity index (χ2n) is 6.17. The number of hydrogen-bond acceptors (Lipinski definition) is 2. The number of hydrogen-bond donors (Lipinski definition) is 1. The van der Waals surface area contributed by atoms with E-state index < -0.39 is 0 Å². The van der Waals surface area contributed by atoms with E-state index in [1.165, 1.54) is 19.3 Å². The molecule has 5 heteroatoms. The summed E-state index contributed by atoms with van der Waals surface area (Å²) in [6.07, 6.45) is 14.3. The van der Waals surface area contributed by atoms with Gasteiger partial charge in [-0.25, -0.2) is 0 Å². The molecular weight excluding hydrogens is 276 g/mol. The summed E-state index contributed by atoms with van der Waals surface area (Å²) in [5.41, 5.74) is -0.0302. The lowest BCUT2D eigenvalue weighted by molar-refractivity contribution is -0.123. The van der Waals surface area contributed by atoms with Crippen LogP contribution in [0.2, 0.25) is 0 Å². The number of carbonyl (C=O) groups excluding carboxylic acids is 1. The number of carbonyl (C=O) groups is 1. The molecule has 5 nitrogen and oxygen atoms in total. The zero-order valence-electron chi connectivity index (χ0n) is 12.9. The summed E-state index contributed by atoms with van der Waals surface area (Å²) in [7, 11) is 0. The summed E-state index contributed by atoms with van der Waals surface area (Å²) < 4.78 is 4.09. The molecular formula is C17H24N4O. The van der Waals surface area contributed by atoms with Crippen molar-refractivity contribution in [2.24, 2.45) is 0 Å². The van der Waals surface area contributed by atoms with Crippen LogP contribution in [0, 0.1) is 0 Å². The van der Waals surface area contributed by atoms with Gasteiger partial charge in [0, 0.05) is 31.3 Å². The van der Waals surface area contributed by atoms with Crippen molar-refractivity contribution in [1.29, 1.82) is 0 Å². The molecule has 1 amide bonds. The second kappa shape index (κ2) is 6.81. The molecule has 2 heterocycles. The Morgan fingerprint density at radius 3 is 2.55 bits per heavy atom. The lowest BCUT2D eigenvalue weighted by Gasteiger charge is -2.38. The fourth-order valence-corrected chi connectivity index (χ4v) is 3.49. The number of rotatable bonds is 6. The molecule has 0 spiro atoms. The summed E-state index contributed by atoms with van der Waals surface area (Å²) in [4.78, 5) is 12.4. The van der Waals surface area contributed by atoms with E-state index >= 15 is 0 Å². The van der Waals surface area contributed by atoms with E-state index in [2.05, 4.69) is 27.4 Å². The van der Waals surface area contributed by atoms with Gasteiger partial charge in [-0.1, -0.05) is 19.3 Å². The van der Waals surface area contributed by atoms with Crippen molar-refractivity contribution in [2.75, 3.05) is 6.54 Å². The summed E-state index contributed by atoms with van der Waals surface area (Å²) in [6, 6.07) is 5.99. The number of nitrogens with one attached hydrogen (secondary N) is 1. The first kappa shape index (κ1) is 14.9. The highest BCUT2D eigenvalue weighted by Crippen LogP contribution is 2.37. The standard InChI is InChI=1S/C17H24N4O/c22-16(18-10-14-21-13-6-9-19-21)15-17(7-2-1-3-8-17)20-11-4-5-12-20/h4-6,9,11-13H,1-3,7-8,10,14-15H2,(H,18,22). The third-order valence-electron chi connectivity index (χ3n) is 4.65. The Kier molecular flexibility index (Phi) is 4.61.